The summed E-state index contributed by atoms with van der Waals surface area (Å²) in [6.45, 7) is 2.28. The van der Waals surface area contributed by atoms with Crippen LogP contribution in [-0.2, 0) is 13.1 Å². The van der Waals surface area contributed by atoms with Crippen LogP contribution < -0.4 is 21.3 Å². The lowest BCUT2D eigenvalue weighted by Crippen LogP contribution is -2.45. The number of ether oxygens (including phenoxy) is 1. The number of methoxy groups -OCH3 is 1. The summed E-state index contributed by atoms with van der Waals surface area (Å²) in [4.78, 5) is 38.2. The van der Waals surface area contributed by atoms with Crippen LogP contribution in [0.1, 0.15) is 29.4 Å². The predicted molar refractivity (Wildman–Crippen MR) is 109 cm³/mol. The summed E-state index contributed by atoms with van der Waals surface area (Å²) < 4.78 is 7.23. The summed E-state index contributed by atoms with van der Waals surface area (Å²) in [7, 11) is 1.54. The van der Waals surface area contributed by atoms with Crippen molar-refractivity contribution in [2.75, 3.05) is 7.11 Å². The molecule has 0 saturated carbocycles. The van der Waals surface area contributed by atoms with E-state index in [2.05, 4.69) is 10.4 Å². The zero-order valence-electron chi connectivity index (χ0n) is 16.3. The maximum atomic E-state index is 12.8. The van der Waals surface area contributed by atoms with Crippen LogP contribution in [0.5, 0.6) is 5.75 Å². The summed E-state index contributed by atoms with van der Waals surface area (Å²) in [5, 5.41) is 6.76. The van der Waals surface area contributed by atoms with Gasteiger partial charge in [-0.1, -0.05) is 37.3 Å². The van der Waals surface area contributed by atoms with E-state index in [0.717, 1.165) is 14.8 Å². The third-order valence-electron chi connectivity index (χ3n) is 4.33. The Hall–Kier alpha value is -3.68. The highest BCUT2D eigenvalue weighted by molar-refractivity contribution is 5.91. The monoisotopic (exact) mass is 394 g/mol. The van der Waals surface area contributed by atoms with Gasteiger partial charge >= 0.3 is 5.69 Å². The van der Waals surface area contributed by atoms with Crippen molar-refractivity contribution in [2.24, 2.45) is 0 Å². The molecule has 2 aromatic carbocycles. The number of hydrogen-bond donors (Lipinski definition) is 1. The zero-order valence-corrected chi connectivity index (χ0v) is 16.3. The Morgan fingerprint density at radius 3 is 2.38 bits per heavy atom. The van der Waals surface area contributed by atoms with Crippen molar-refractivity contribution in [1.82, 2.24) is 19.7 Å². The summed E-state index contributed by atoms with van der Waals surface area (Å²) in [6, 6.07) is 15.9. The standard InChI is InChI=1S/C21H22N4O4/c1-3-13-24-20(27)18(19(26)22-14-15-7-5-4-6-8-15)23-25(21(24)28)16-9-11-17(29-2)12-10-16/h4-12H,3,13-14H2,1-2H3,(H,22,26). The fourth-order valence-electron chi connectivity index (χ4n) is 2.83. The zero-order chi connectivity index (χ0) is 20.8. The molecule has 0 fully saturated rings. The van der Waals surface area contributed by atoms with Gasteiger partial charge in [0, 0.05) is 13.1 Å². The van der Waals surface area contributed by atoms with E-state index in [0.29, 0.717) is 17.9 Å². The fourth-order valence-corrected chi connectivity index (χ4v) is 2.83. The maximum Gasteiger partial charge on any atom is 0.352 e. The van der Waals surface area contributed by atoms with Crippen molar-refractivity contribution in [3.05, 3.63) is 86.7 Å². The molecular formula is C21H22N4O4. The van der Waals surface area contributed by atoms with Crippen LogP contribution in [0.3, 0.4) is 0 Å². The minimum Gasteiger partial charge on any atom is -0.497 e. The molecule has 1 amide bonds. The number of rotatable bonds is 7. The van der Waals surface area contributed by atoms with Gasteiger partial charge in [-0.3, -0.25) is 14.2 Å². The normalized spacial score (nSPS) is 10.6. The molecule has 0 spiro atoms. The van der Waals surface area contributed by atoms with Gasteiger partial charge in [-0.25, -0.2) is 4.79 Å². The second-order valence-corrected chi connectivity index (χ2v) is 6.37. The van der Waals surface area contributed by atoms with Gasteiger partial charge in [-0.2, -0.15) is 9.78 Å². The first-order valence-corrected chi connectivity index (χ1v) is 9.26. The minimum absolute atomic E-state index is 0.190. The summed E-state index contributed by atoms with van der Waals surface area (Å²) >= 11 is 0. The van der Waals surface area contributed by atoms with Gasteiger partial charge in [0.15, 0.2) is 0 Å². The first kappa shape index (κ1) is 20.1. The van der Waals surface area contributed by atoms with Crippen LogP contribution in [0.4, 0.5) is 0 Å². The number of amides is 1. The SMILES string of the molecule is CCCn1c(=O)c(C(=O)NCc2ccccc2)nn(-c2ccc(OC)cc2)c1=O. The van der Waals surface area contributed by atoms with Gasteiger partial charge in [0.2, 0.25) is 5.69 Å². The number of hydrogen-bond acceptors (Lipinski definition) is 5. The molecule has 1 N–H and O–H groups in total. The van der Waals surface area contributed by atoms with Gasteiger partial charge in [0.05, 0.1) is 12.8 Å². The van der Waals surface area contributed by atoms with Gasteiger partial charge in [-0.15, -0.1) is 0 Å². The Morgan fingerprint density at radius 2 is 1.76 bits per heavy atom. The minimum atomic E-state index is -0.702. The van der Waals surface area contributed by atoms with E-state index in [9.17, 15) is 14.4 Å². The molecule has 29 heavy (non-hydrogen) atoms. The van der Waals surface area contributed by atoms with Crippen molar-refractivity contribution in [1.29, 1.82) is 0 Å². The smallest absolute Gasteiger partial charge is 0.352 e. The van der Waals surface area contributed by atoms with Crippen molar-refractivity contribution in [2.45, 2.75) is 26.4 Å². The first-order chi connectivity index (χ1) is 14.0. The van der Waals surface area contributed by atoms with E-state index in [-0.39, 0.29) is 18.8 Å². The van der Waals surface area contributed by atoms with Gasteiger partial charge in [0.25, 0.3) is 11.5 Å². The Labute approximate surface area is 167 Å². The van der Waals surface area contributed by atoms with E-state index >= 15 is 0 Å². The second kappa shape index (κ2) is 9.01. The highest BCUT2D eigenvalue weighted by atomic mass is 16.5. The summed E-state index contributed by atoms with van der Waals surface area (Å²) in [5.74, 6) is -0.0181. The average Bonchev–Trinajstić information content (AvgIpc) is 2.76. The average molecular weight is 394 g/mol. The van der Waals surface area contributed by atoms with Crippen LogP contribution in [-0.4, -0.2) is 27.4 Å². The first-order valence-electron chi connectivity index (χ1n) is 9.26. The van der Waals surface area contributed by atoms with Crippen molar-refractivity contribution < 1.29 is 9.53 Å². The number of nitrogens with one attached hydrogen (secondary N) is 1. The van der Waals surface area contributed by atoms with Crippen LogP contribution >= 0.6 is 0 Å². The predicted octanol–water partition coefficient (Wildman–Crippen LogP) is 1.74. The lowest BCUT2D eigenvalue weighted by atomic mass is 10.2. The van der Waals surface area contributed by atoms with Gasteiger partial charge < -0.3 is 10.1 Å². The lowest BCUT2D eigenvalue weighted by Gasteiger charge is -2.12. The van der Waals surface area contributed by atoms with E-state index in [1.54, 1.807) is 24.3 Å². The molecule has 0 radical (unpaired) electrons. The number of carbonyl (C=O) groups is 1. The molecule has 0 atom stereocenters. The molecular weight excluding hydrogens is 372 g/mol. The van der Waals surface area contributed by atoms with Crippen molar-refractivity contribution >= 4 is 5.91 Å². The van der Waals surface area contributed by atoms with E-state index in [4.69, 9.17) is 4.74 Å². The molecule has 0 bridgehead atoms. The number of benzene rings is 2. The molecule has 8 nitrogen and oxygen atoms in total. The quantitative estimate of drug-likeness (QED) is 0.659. The molecule has 0 saturated heterocycles. The molecule has 0 unspecified atom stereocenters. The van der Waals surface area contributed by atoms with Crippen molar-refractivity contribution in [3.8, 4) is 11.4 Å². The molecule has 0 aliphatic rings. The lowest BCUT2D eigenvalue weighted by molar-refractivity contribution is 0.0941. The van der Waals surface area contributed by atoms with Gasteiger partial charge in [-0.05, 0) is 36.2 Å². The molecule has 0 aliphatic carbocycles. The molecule has 150 valence electrons. The Morgan fingerprint density at radius 1 is 1.07 bits per heavy atom. The summed E-state index contributed by atoms with van der Waals surface area (Å²) in [6.07, 6.45) is 0.562. The largest absolute Gasteiger partial charge is 0.497 e. The fraction of sp³-hybridized carbons (Fsp3) is 0.238. The maximum absolute atomic E-state index is 12.8. The van der Waals surface area contributed by atoms with Crippen LogP contribution in [0.2, 0.25) is 0 Å². The molecule has 3 rings (SSSR count). The Bertz CT molecular complexity index is 1100. The molecule has 0 aliphatic heterocycles. The molecule has 8 heteroatoms. The highest BCUT2D eigenvalue weighted by Gasteiger charge is 2.19. The molecule has 3 aromatic rings. The topological polar surface area (TPSA) is 95.2 Å². The highest BCUT2D eigenvalue weighted by Crippen LogP contribution is 2.12. The Kier molecular flexibility index (Phi) is 6.23. The van der Waals surface area contributed by atoms with Crippen LogP contribution in [0, 0.1) is 0 Å². The van der Waals surface area contributed by atoms with E-state index in [1.807, 2.05) is 37.3 Å². The van der Waals surface area contributed by atoms with Gasteiger partial charge in [0.1, 0.15) is 5.75 Å². The third-order valence-corrected chi connectivity index (χ3v) is 4.33. The molecule has 1 aromatic heterocycles. The molecule has 1 heterocycles. The van der Waals surface area contributed by atoms with E-state index < -0.39 is 17.2 Å². The van der Waals surface area contributed by atoms with Crippen LogP contribution in [0.25, 0.3) is 5.69 Å². The van der Waals surface area contributed by atoms with Crippen LogP contribution in [0.15, 0.2) is 64.2 Å². The third kappa shape index (κ3) is 4.43. The second-order valence-electron chi connectivity index (χ2n) is 6.37. The number of carbonyl (C=O) groups excluding carboxylic acids is 1. The Balaban J connectivity index is 2.01. The number of aromatic nitrogens is 3. The summed E-state index contributed by atoms with van der Waals surface area (Å²) in [5.41, 5.74) is -0.311. The van der Waals surface area contributed by atoms with Crippen molar-refractivity contribution in [3.63, 3.8) is 0 Å². The number of nitrogens with zero attached hydrogens (tertiary/aromatic N) is 3. The van der Waals surface area contributed by atoms with E-state index in [1.165, 1.54) is 7.11 Å².